The summed E-state index contributed by atoms with van der Waals surface area (Å²) in [5.74, 6) is 0.286. The average molecular weight is 667 g/mol. The summed E-state index contributed by atoms with van der Waals surface area (Å²) in [6.45, 7) is 13.7. The van der Waals surface area contributed by atoms with Gasteiger partial charge in [0.25, 0.3) is 0 Å². The SMILES string of the molecule is CC1=NC(CCc2ccc(OCCCc3cccc(Cl)c3Cl)c(C(F)(F)F)c2)(COP(OC(C)(C)C)OC(C)(C)C)CO1. The molecule has 0 saturated carbocycles. The second-order valence-corrected chi connectivity index (χ2v) is 14.4. The van der Waals surface area contributed by atoms with Gasteiger partial charge in [-0.1, -0.05) is 41.4 Å². The van der Waals surface area contributed by atoms with E-state index in [1.54, 1.807) is 25.1 Å². The van der Waals surface area contributed by atoms with Gasteiger partial charge in [0.2, 0.25) is 0 Å². The largest absolute Gasteiger partial charge is 0.493 e. The van der Waals surface area contributed by atoms with Gasteiger partial charge in [-0.05, 0) is 96.6 Å². The molecule has 0 aromatic heterocycles. The second-order valence-electron chi connectivity index (χ2n) is 12.5. The number of benzene rings is 2. The lowest BCUT2D eigenvalue weighted by molar-refractivity contribution is -0.139. The summed E-state index contributed by atoms with van der Waals surface area (Å²) in [6, 6.07) is 9.47. The number of hydrogen-bond acceptors (Lipinski definition) is 6. The van der Waals surface area contributed by atoms with Crippen molar-refractivity contribution in [2.24, 2.45) is 4.99 Å². The van der Waals surface area contributed by atoms with E-state index in [1.165, 1.54) is 6.07 Å². The van der Waals surface area contributed by atoms with Crippen LogP contribution in [0.2, 0.25) is 10.0 Å². The van der Waals surface area contributed by atoms with Crippen molar-refractivity contribution in [3.63, 3.8) is 0 Å². The Morgan fingerprint density at radius 2 is 1.65 bits per heavy atom. The van der Waals surface area contributed by atoms with E-state index >= 15 is 0 Å². The molecule has 0 bridgehead atoms. The van der Waals surface area contributed by atoms with Crippen molar-refractivity contribution in [1.29, 1.82) is 0 Å². The van der Waals surface area contributed by atoms with Crippen molar-refractivity contribution in [2.45, 2.75) is 97.1 Å². The van der Waals surface area contributed by atoms with E-state index in [-0.39, 0.29) is 25.6 Å². The van der Waals surface area contributed by atoms with Crippen LogP contribution >= 0.6 is 31.8 Å². The van der Waals surface area contributed by atoms with Crippen molar-refractivity contribution in [3.05, 3.63) is 63.1 Å². The maximum Gasteiger partial charge on any atom is 0.419 e. The zero-order chi connectivity index (χ0) is 32.1. The Bertz CT molecular complexity index is 1250. The maximum atomic E-state index is 14.0. The molecule has 6 nitrogen and oxygen atoms in total. The Labute approximate surface area is 264 Å². The summed E-state index contributed by atoms with van der Waals surface area (Å²) in [5, 5.41) is 0.880. The van der Waals surface area contributed by atoms with Crippen molar-refractivity contribution in [2.75, 3.05) is 19.8 Å². The molecule has 1 aliphatic heterocycles. The number of nitrogens with zero attached hydrogens (tertiary/aromatic N) is 1. The number of hydrogen-bond donors (Lipinski definition) is 0. The van der Waals surface area contributed by atoms with Crippen molar-refractivity contribution < 1.29 is 36.2 Å². The van der Waals surface area contributed by atoms with E-state index in [9.17, 15) is 13.2 Å². The number of aryl methyl sites for hydroxylation is 2. The van der Waals surface area contributed by atoms with E-state index in [4.69, 9.17) is 46.2 Å². The van der Waals surface area contributed by atoms with E-state index in [0.717, 1.165) is 11.6 Å². The highest BCUT2D eigenvalue weighted by molar-refractivity contribution is 7.41. The molecular formula is C31H41Cl2F3NO5P. The van der Waals surface area contributed by atoms with E-state index < -0.39 is 37.1 Å². The fraction of sp³-hybridized carbons (Fsp3) is 0.581. The number of halogens is 5. The highest BCUT2D eigenvalue weighted by atomic mass is 35.5. The van der Waals surface area contributed by atoms with Gasteiger partial charge in [-0.15, -0.1) is 0 Å². The van der Waals surface area contributed by atoms with Gasteiger partial charge < -0.3 is 23.0 Å². The van der Waals surface area contributed by atoms with Gasteiger partial charge in [-0.25, -0.2) is 4.99 Å². The first-order valence-electron chi connectivity index (χ1n) is 14.1. The van der Waals surface area contributed by atoms with Gasteiger partial charge in [0.1, 0.15) is 17.9 Å². The minimum atomic E-state index is -4.59. The third kappa shape index (κ3) is 11.7. The number of ether oxygens (including phenoxy) is 2. The van der Waals surface area contributed by atoms with Crippen LogP contribution < -0.4 is 4.74 Å². The minimum absolute atomic E-state index is 0.0906. The van der Waals surface area contributed by atoms with Gasteiger partial charge in [0.15, 0.2) is 5.90 Å². The van der Waals surface area contributed by atoms with Gasteiger partial charge in [0.05, 0.1) is 40.0 Å². The van der Waals surface area contributed by atoms with Crippen molar-refractivity contribution >= 4 is 37.7 Å². The molecule has 0 N–H and O–H groups in total. The van der Waals surface area contributed by atoms with E-state index in [0.29, 0.717) is 47.2 Å². The van der Waals surface area contributed by atoms with Gasteiger partial charge in [-0.2, -0.15) is 13.2 Å². The zero-order valence-electron chi connectivity index (χ0n) is 25.7. The first-order valence-corrected chi connectivity index (χ1v) is 16.0. The molecule has 43 heavy (non-hydrogen) atoms. The fourth-order valence-corrected chi connectivity index (χ4v) is 6.04. The van der Waals surface area contributed by atoms with Crippen LogP contribution in [-0.2, 0) is 37.3 Å². The third-order valence-corrected chi connectivity index (χ3v) is 8.78. The lowest BCUT2D eigenvalue weighted by Gasteiger charge is -2.32. The first-order chi connectivity index (χ1) is 19.9. The van der Waals surface area contributed by atoms with Crippen LogP contribution in [0.3, 0.4) is 0 Å². The molecule has 1 unspecified atom stereocenters. The second kappa shape index (κ2) is 14.7. The molecule has 2 aromatic rings. The van der Waals surface area contributed by atoms with Gasteiger partial charge in [0, 0.05) is 6.92 Å². The molecule has 1 atom stereocenters. The van der Waals surface area contributed by atoms with Crippen LogP contribution in [0.15, 0.2) is 41.4 Å². The Balaban J connectivity index is 1.68. The fourth-order valence-electron chi connectivity index (χ4n) is 4.25. The average Bonchev–Trinajstić information content (AvgIpc) is 3.25. The van der Waals surface area contributed by atoms with Gasteiger partial charge >= 0.3 is 14.8 Å². The lowest BCUT2D eigenvalue weighted by atomic mass is 9.93. The Morgan fingerprint density at radius 3 is 2.23 bits per heavy atom. The number of alkyl halides is 3. The highest BCUT2D eigenvalue weighted by Crippen LogP contribution is 2.48. The van der Waals surface area contributed by atoms with Crippen LogP contribution in [-0.4, -0.2) is 42.5 Å². The van der Waals surface area contributed by atoms with Crippen LogP contribution in [0.1, 0.15) is 78.0 Å². The third-order valence-electron chi connectivity index (χ3n) is 6.19. The molecular weight excluding hydrogens is 625 g/mol. The minimum Gasteiger partial charge on any atom is -0.493 e. The number of rotatable bonds is 13. The Morgan fingerprint density at radius 1 is 0.977 bits per heavy atom. The molecule has 12 heteroatoms. The Kier molecular flexibility index (Phi) is 12.2. The highest BCUT2D eigenvalue weighted by Gasteiger charge is 2.39. The summed E-state index contributed by atoms with van der Waals surface area (Å²) in [5.41, 5.74) is -1.30. The van der Waals surface area contributed by atoms with Gasteiger partial charge in [-0.3, -0.25) is 0 Å². The monoisotopic (exact) mass is 665 g/mol. The smallest absolute Gasteiger partial charge is 0.419 e. The molecule has 0 aliphatic carbocycles. The predicted molar refractivity (Wildman–Crippen MR) is 166 cm³/mol. The number of aliphatic imine (C=N–C) groups is 1. The normalized spacial score (nSPS) is 17.7. The maximum absolute atomic E-state index is 14.0. The molecule has 3 rings (SSSR count). The molecule has 240 valence electrons. The van der Waals surface area contributed by atoms with Crippen molar-refractivity contribution in [1.82, 2.24) is 0 Å². The molecule has 0 fully saturated rings. The lowest BCUT2D eigenvalue weighted by Crippen LogP contribution is -2.35. The van der Waals surface area contributed by atoms with Crippen LogP contribution in [0.5, 0.6) is 5.75 Å². The predicted octanol–water partition coefficient (Wildman–Crippen LogP) is 10.0. The van der Waals surface area contributed by atoms with Crippen LogP contribution in [0.25, 0.3) is 0 Å². The summed E-state index contributed by atoms with van der Waals surface area (Å²) in [7, 11) is -1.72. The Hall–Kier alpha value is -1.61. The quantitative estimate of drug-likeness (QED) is 0.157. The molecule has 0 saturated heterocycles. The summed E-state index contributed by atoms with van der Waals surface area (Å²) >= 11 is 12.3. The first kappa shape index (κ1) is 35.9. The summed E-state index contributed by atoms with van der Waals surface area (Å²) in [4.78, 5) is 4.68. The topological polar surface area (TPSA) is 58.5 Å². The molecule has 0 radical (unpaired) electrons. The zero-order valence-corrected chi connectivity index (χ0v) is 28.1. The summed E-state index contributed by atoms with van der Waals surface area (Å²) in [6.07, 6.45) is -2.87. The molecule has 1 aliphatic rings. The summed E-state index contributed by atoms with van der Waals surface area (Å²) < 4.78 is 71.6. The van der Waals surface area contributed by atoms with Crippen LogP contribution in [0.4, 0.5) is 13.2 Å². The molecule has 0 amide bonds. The molecule has 1 heterocycles. The van der Waals surface area contributed by atoms with Crippen LogP contribution in [0, 0.1) is 0 Å². The molecule has 2 aromatic carbocycles. The van der Waals surface area contributed by atoms with E-state index in [2.05, 4.69) is 4.99 Å². The standard InChI is InChI=1S/C31H41Cl2F3NO5P/c1-21-37-30(19-39-21,20-40-43(41-28(2,3)4)42-29(5,6)7)16-15-22-13-14-26(24(18-22)31(34,35)36)38-17-9-11-23-10-8-12-25(32)27(23)33/h8,10,12-14,18H,9,11,15-17,19-20H2,1-7H3. The molecule has 0 spiro atoms. The van der Waals surface area contributed by atoms with E-state index in [1.807, 2.05) is 47.6 Å². The van der Waals surface area contributed by atoms with Crippen molar-refractivity contribution in [3.8, 4) is 5.75 Å².